The highest BCUT2D eigenvalue weighted by molar-refractivity contribution is 7.91. The minimum Gasteiger partial charge on any atom is -0.381 e. The standard InChI is InChI=1S/C25H34F3N3O4S3/c1-24(2,3)31-38(33,34)23-17(25(26,27)28)14-19(36-23)20-18(13-15-7-5-4-6-8-15)30-22(37-20)21(32)29-16-9-11-35-12-10-16/h14-16,31H,4-13H2,1-3H3,(H,29,32). The molecule has 2 aromatic rings. The summed E-state index contributed by atoms with van der Waals surface area (Å²) >= 11 is 1.60. The van der Waals surface area contributed by atoms with Crippen molar-refractivity contribution in [2.75, 3.05) is 13.2 Å². The highest BCUT2D eigenvalue weighted by atomic mass is 32.2. The van der Waals surface area contributed by atoms with Crippen LogP contribution in [0, 0.1) is 5.92 Å². The highest BCUT2D eigenvalue weighted by Crippen LogP contribution is 2.46. The maximum Gasteiger partial charge on any atom is 0.418 e. The van der Waals surface area contributed by atoms with Gasteiger partial charge in [0.05, 0.1) is 16.1 Å². The summed E-state index contributed by atoms with van der Waals surface area (Å²) in [4.78, 5) is 18.3. The van der Waals surface area contributed by atoms with E-state index in [4.69, 9.17) is 4.74 Å². The summed E-state index contributed by atoms with van der Waals surface area (Å²) in [5, 5.41) is 3.15. The Morgan fingerprint density at radius 1 is 1.08 bits per heavy atom. The lowest BCUT2D eigenvalue weighted by molar-refractivity contribution is -0.139. The fourth-order valence-corrected chi connectivity index (χ4v) is 9.09. The molecule has 3 heterocycles. The van der Waals surface area contributed by atoms with Crippen molar-refractivity contribution < 1.29 is 31.1 Å². The predicted molar refractivity (Wildman–Crippen MR) is 142 cm³/mol. The summed E-state index contributed by atoms with van der Waals surface area (Å²) in [6, 6.07) is 0.837. The number of carbonyl (C=O) groups is 1. The highest BCUT2D eigenvalue weighted by Gasteiger charge is 2.41. The number of nitrogens with zero attached hydrogens (tertiary/aromatic N) is 1. The minimum absolute atomic E-state index is 0.0517. The Morgan fingerprint density at radius 2 is 1.74 bits per heavy atom. The average molecular weight is 594 g/mol. The first kappa shape index (κ1) is 29.4. The average Bonchev–Trinajstić information content (AvgIpc) is 3.44. The second kappa shape index (κ2) is 11.5. The second-order valence-corrected chi connectivity index (χ2v) is 15.0. The van der Waals surface area contributed by atoms with E-state index < -0.39 is 31.5 Å². The first-order valence-electron chi connectivity index (χ1n) is 12.9. The smallest absolute Gasteiger partial charge is 0.381 e. The van der Waals surface area contributed by atoms with Crippen LogP contribution < -0.4 is 10.0 Å². The molecule has 0 aromatic carbocycles. The van der Waals surface area contributed by atoms with Gasteiger partial charge in [-0.15, -0.1) is 22.7 Å². The fourth-order valence-electron chi connectivity index (χ4n) is 4.87. The number of sulfonamides is 1. The summed E-state index contributed by atoms with van der Waals surface area (Å²) in [5.41, 5.74) is -1.61. The molecule has 0 atom stereocenters. The molecular weight excluding hydrogens is 559 g/mol. The number of aromatic nitrogens is 1. The Morgan fingerprint density at radius 3 is 2.34 bits per heavy atom. The van der Waals surface area contributed by atoms with E-state index in [2.05, 4.69) is 15.0 Å². The van der Waals surface area contributed by atoms with E-state index in [1.54, 1.807) is 20.8 Å². The van der Waals surface area contributed by atoms with Gasteiger partial charge in [-0.1, -0.05) is 32.1 Å². The summed E-state index contributed by atoms with van der Waals surface area (Å²) in [5.74, 6) is -0.0447. The van der Waals surface area contributed by atoms with E-state index in [-0.39, 0.29) is 21.8 Å². The Labute approximate surface area is 229 Å². The van der Waals surface area contributed by atoms with Gasteiger partial charge in [0.25, 0.3) is 15.9 Å². The SMILES string of the molecule is CC(C)(C)NS(=O)(=O)c1sc(-c2sc(C(=O)NC3CCOCC3)nc2CC2CCCCC2)cc1C(F)(F)F. The molecule has 0 radical (unpaired) electrons. The van der Waals surface area contributed by atoms with Gasteiger partial charge >= 0.3 is 6.18 Å². The van der Waals surface area contributed by atoms with Crippen LogP contribution in [0.1, 0.15) is 86.8 Å². The number of thiophene rings is 1. The lowest BCUT2D eigenvalue weighted by Gasteiger charge is -2.22. The Bertz CT molecular complexity index is 1240. The number of rotatable bonds is 7. The van der Waals surface area contributed by atoms with Gasteiger partial charge in [-0.2, -0.15) is 13.2 Å². The van der Waals surface area contributed by atoms with Gasteiger partial charge in [-0.3, -0.25) is 4.79 Å². The zero-order chi connectivity index (χ0) is 27.7. The molecule has 7 nitrogen and oxygen atoms in total. The minimum atomic E-state index is -4.87. The van der Waals surface area contributed by atoms with Crippen molar-refractivity contribution in [1.82, 2.24) is 15.0 Å². The number of amides is 1. The Kier molecular flexibility index (Phi) is 8.93. The Hall–Kier alpha value is -1.54. The van der Waals surface area contributed by atoms with Crippen LogP contribution >= 0.6 is 22.7 Å². The molecule has 0 bridgehead atoms. The molecule has 1 saturated carbocycles. The summed E-state index contributed by atoms with van der Waals surface area (Å²) in [6.07, 6.45) is 2.34. The van der Waals surface area contributed by atoms with E-state index in [0.29, 0.717) is 60.3 Å². The predicted octanol–water partition coefficient (Wildman–Crippen LogP) is 6.00. The van der Waals surface area contributed by atoms with Gasteiger partial charge in [-0.05, 0) is 52.0 Å². The van der Waals surface area contributed by atoms with Gasteiger partial charge in [0.15, 0.2) is 5.01 Å². The molecule has 2 N–H and O–H groups in total. The van der Waals surface area contributed by atoms with Gasteiger partial charge in [0.1, 0.15) is 4.21 Å². The maximum absolute atomic E-state index is 14.0. The lowest BCUT2D eigenvalue weighted by Crippen LogP contribution is -2.40. The van der Waals surface area contributed by atoms with Crippen molar-refractivity contribution in [3.8, 4) is 9.75 Å². The van der Waals surface area contributed by atoms with E-state index in [1.807, 2.05) is 0 Å². The van der Waals surface area contributed by atoms with E-state index in [9.17, 15) is 26.4 Å². The van der Waals surface area contributed by atoms with Crippen LogP contribution in [-0.4, -0.2) is 44.1 Å². The zero-order valence-electron chi connectivity index (χ0n) is 21.7. The van der Waals surface area contributed by atoms with Crippen LogP contribution in [0.25, 0.3) is 9.75 Å². The lowest BCUT2D eigenvalue weighted by atomic mass is 9.86. The number of ether oxygens (including phenoxy) is 1. The summed E-state index contributed by atoms with van der Waals surface area (Å²) < 4.78 is 75.0. The van der Waals surface area contributed by atoms with Gasteiger partial charge in [0, 0.05) is 29.7 Å². The monoisotopic (exact) mass is 593 g/mol. The van der Waals surface area contributed by atoms with Crippen LogP contribution in [-0.2, 0) is 27.4 Å². The number of halogens is 3. The van der Waals surface area contributed by atoms with E-state index >= 15 is 0 Å². The Balaban J connectivity index is 1.74. The topological polar surface area (TPSA) is 97.4 Å². The fraction of sp³-hybridized carbons (Fsp3) is 0.680. The van der Waals surface area contributed by atoms with E-state index in [1.165, 1.54) is 0 Å². The molecule has 4 rings (SSSR count). The summed E-state index contributed by atoms with van der Waals surface area (Å²) in [6.45, 7) is 5.82. The molecule has 0 spiro atoms. The molecule has 1 aliphatic carbocycles. The van der Waals surface area contributed by atoms with Crippen LogP contribution in [0.3, 0.4) is 0 Å². The molecule has 1 aliphatic heterocycles. The van der Waals surface area contributed by atoms with Gasteiger partial charge < -0.3 is 10.1 Å². The molecule has 1 saturated heterocycles. The number of carbonyl (C=O) groups excluding carboxylic acids is 1. The molecule has 13 heteroatoms. The van der Waals surface area contributed by atoms with Crippen LogP contribution in [0.15, 0.2) is 10.3 Å². The summed E-state index contributed by atoms with van der Waals surface area (Å²) in [7, 11) is -4.45. The number of nitrogens with one attached hydrogen (secondary N) is 2. The number of thiazole rings is 1. The van der Waals surface area contributed by atoms with Crippen LogP contribution in [0.2, 0.25) is 0 Å². The zero-order valence-corrected chi connectivity index (χ0v) is 24.2. The first-order valence-corrected chi connectivity index (χ1v) is 16.0. The van der Waals surface area contributed by atoms with Crippen molar-refractivity contribution in [3.63, 3.8) is 0 Å². The molecule has 212 valence electrons. The molecule has 2 fully saturated rings. The molecular formula is C25H34F3N3O4S3. The number of hydrogen-bond donors (Lipinski definition) is 2. The molecule has 38 heavy (non-hydrogen) atoms. The third-order valence-electron chi connectivity index (χ3n) is 6.57. The van der Waals surface area contributed by atoms with Crippen LogP contribution in [0.5, 0.6) is 0 Å². The quantitative estimate of drug-likeness (QED) is 0.411. The van der Waals surface area contributed by atoms with Crippen molar-refractivity contribution in [2.24, 2.45) is 5.92 Å². The van der Waals surface area contributed by atoms with Crippen LogP contribution in [0.4, 0.5) is 13.2 Å². The van der Waals surface area contributed by atoms with Crippen molar-refractivity contribution in [3.05, 3.63) is 22.3 Å². The number of hydrogen-bond acceptors (Lipinski definition) is 7. The molecule has 0 unspecified atom stereocenters. The van der Waals surface area contributed by atoms with Gasteiger partial charge in [-0.25, -0.2) is 18.1 Å². The largest absolute Gasteiger partial charge is 0.418 e. The molecule has 1 amide bonds. The van der Waals surface area contributed by atoms with E-state index in [0.717, 1.165) is 49.5 Å². The second-order valence-electron chi connectivity index (χ2n) is 11.0. The van der Waals surface area contributed by atoms with Crippen molar-refractivity contribution in [2.45, 2.75) is 94.1 Å². The number of alkyl halides is 3. The molecule has 2 aromatic heterocycles. The van der Waals surface area contributed by atoms with Crippen molar-refractivity contribution in [1.29, 1.82) is 0 Å². The third-order valence-corrected chi connectivity index (χ3v) is 11.3. The van der Waals surface area contributed by atoms with Crippen molar-refractivity contribution >= 4 is 38.6 Å². The first-order chi connectivity index (χ1) is 17.7. The van der Waals surface area contributed by atoms with Gasteiger partial charge in [0.2, 0.25) is 0 Å². The normalized spacial score (nSPS) is 18.6. The molecule has 2 aliphatic rings. The third kappa shape index (κ3) is 7.35. The maximum atomic E-state index is 14.0.